The highest BCUT2D eigenvalue weighted by Crippen LogP contribution is 2.12. The van der Waals surface area contributed by atoms with E-state index in [2.05, 4.69) is 16.9 Å². The average molecular weight is 295 g/mol. The van der Waals surface area contributed by atoms with Crippen LogP contribution in [0.4, 0.5) is 0 Å². The number of benzene rings is 1. The maximum absolute atomic E-state index is 11.9. The van der Waals surface area contributed by atoms with Gasteiger partial charge in [0.15, 0.2) is 0 Å². The number of ether oxygens (including phenoxy) is 1. The summed E-state index contributed by atoms with van der Waals surface area (Å²) < 4.78 is 4.56. The third-order valence-electron chi connectivity index (χ3n) is 2.86. The van der Waals surface area contributed by atoms with Gasteiger partial charge in [-0.25, -0.2) is 0 Å². The van der Waals surface area contributed by atoms with E-state index in [0.717, 1.165) is 5.75 Å². The van der Waals surface area contributed by atoms with E-state index in [-0.39, 0.29) is 11.9 Å². The Hall–Kier alpha value is -1.49. The second-order valence-corrected chi connectivity index (χ2v) is 5.46. The van der Waals surface area contributed by atoms with Crippen LogP contribution in [0.1, 0.15) is 18.4 Å². The summed E-state index contributed by atoms with van der Waals surface area (Å²) >= 11 is 1.60. The minimum atomic E-state index is -0.232. The highest BCUT2D eigenvalue weighted by atomic mass is 32.2. The van der Waals surface area contributed by atoms with Crippen molar-refractivity contribution in [1.82, 2.24) is 4.90 Å². The molecule has 0 radical (unpaired) electrons. The van der Waals surface area contributed by atoms with Gasteiger partial charge in [-0.1, -0.05) is 30.3 Å². The monoisotopic (exact) mass is 295 g/mol. The number of hydrogen-bond acceptors (Lipinski definition) is 4. The first-order chi connectivity index (χ1) is 9.63. The molecule has 110 valence electrons. The first-order valence-electron chi connectivity index (χ1n) is 6.56. The molecule has 0 heterocycles. The molecule has 0 saturated carbocycles. The molecule has 0 atom stereocenters. The van der Waals surface area contributed by atoms with Gasteiger partial charge in [0.1, 0.15) is 0 Å². The van der Waals surface area contributed by atoms with Crippen LogP contribution in [-0.2, 0) is 20.1 Å². The number of carbonyl (C=O) groups excluding carboxylic acids is 2. The van der Waals surface area contributed by atoms with Gasteiger partial charge >= 0.3 is 5.97 Å². The first-order valence-corrected chi connectivity index (χ1v) is 7.71. The van der Waals surface area contributed by atoms with Crippen molar-refractivity contribution in [1.29, 1.82) is 0 Å². The Morgan fingerprint density at radius 3 is 2.60 bits per heavy atom. The van der Waals surface area contributed by atoms with Crippen molar-refractivity contribution in [3.05, 3.63) is 35.9 Å². The van der Waals surface area contributed by atoms with E-state index in [4.69, 9.17) is 0 Å². The molecule has 5 heteroatoms. The number of esters is 1. The fourth-order valence-corrected chi connectivity index (χ4v) is 2.55. The quantitative estimate of drug-likeness (QED) is 0.691. The van der Waals surface area contributed by atoms with E-state index in [1.54, 1.807) is 23.7 Å². The Balaban J connectivity index is 2.16. The van der Waals surface area contributed by atoms with E-state index < -0.39 is 0 Å². The maximum atomic E-state index is 11.9. The zero-order chi connectivity index (χ0) is 14.8. The van der Waals surface area contributed by atoms with Gasteiger partial charge < -0.3 is 9.64 Å². The van der Waals surface area contributed by atoms with Gasteiger partial charge in [0.2, 0.25) is 5.91 Å². The summed E-state index contributed by atoms with van der Waals surface area (Å²) in [4.78, 5) is 24.5. The van der Waals surface area contributed by atoms with Crippen molar-refractivity contribution in [2.45, 2.75) is 18.6 Å². The summed E-state index contributed by atoms with van der Waals surface area (Å²) in [6, 6.07) is 10.1. The first kappa shape index (κ1) is 16.6. The van der Waals surface area contributed by atoms with Crippen molar-refractivity contribution in [2.75, 3.05) is 26.5 Å². The van der Waals surface area contributed by atoms with Crippen molar-refractivity contribution in [3.8, 4) is 0 Å². The lowest BCUT2D eigenvalue weighted by Gasteiger charge is -2.16. The largest absolute Gasteiger partial charge is 0.469 e. The molecule has 1 amide bonds. The van der Waals surface area contributed by atoms with Crippen LogP contribution in [0.15, 0.2) is 30.3 Å². The number of hydrogen-bond donors (Lipinski definition) is 0. The Bertz CT molecular complexity index is 422. The molecule has 0 bridgehead atoms. The van der Waals surface area contributed by atoms with Crippen molar-refractivity contribution >= 4 is 23.6 Å². The predicted molar refractivity (Wildman–Crippen MR) is 81.5 cm³/mol. The predicted octanol–water partition coefficient (Wildman–Crippen LogP) is 2.33. The molecule has 4 nitrogen and oxygen atoms in total. The second-order valence-electron chi connectivity index (χ2n) is 4.47. The lowest BCUT2D eigenvalue weighted by Crippen LogP contribution is -2.29. The van der Waals surface area contributed by atoms with Crippen LogP contribution in [0.3, 0.4) is 0 Å². The molecular formula is C15H21NO3S. The maximum Gasteiger partial charge on any atom is 0.305 e. The molecule has 0 aliphatic rings. The molecule has 0 unspecified atom stereocenters. The molecule has 0 fully saturated rings. The van der Waals surface area contributed by atoms with Gasteiger partial charge in [-0.3, -0.25) is 9.59 Å². The Morgan fingerprint density at radius 1 is 1.25 bits per heavy atom. The van der Waals surface area contributed by atoms with Gasteiger partial charge in [-0.15, -0.1) is 11.8 Å². The molecule has 0 aromatic heterocycles. The summed E-state index contributed by atoms with van der Waals surface area (Å²) in [5.74, 6) is 1.16. The molecule has 20 heavy (non-hydrogen) atoms. The van der Waals surface area contributed by atoms with E-state index in [0.29, 0.717) is 25.1 Å². The van der Waals surface area contributed by atoms with Gasteiger partial charge in [-0.2, -0.15) is 0 Å². The number of amides is 1. The highest BCUT2D eigenvalue weighted by Gasteiger charge is 2.09. The topological polar surface area (TPSA) is 46.6 Å². The Morgan fingerprint density at radius 2 is 1.95 bits per heavy atom. The van der Waals surface area contributed by atoms with Crippen LogP contribution in [0.5, 0.6) is 0 Å². The number of methoxy groups -OCH3 is 1. The summed E-state index contributed by atoms with van der Waals surface area (Å²) in [5, 5.41) is 0. The zero-order valence-electron chi connectivity index (χ0n) is 12.0. The van der Waals surface area contributed by atoms with E-state index >= 15 is 0 Å². The van der Waals surface area contributed by atoms with Crippen LogP contribution >= 0.6 is 11.8 Å². The van der Waals surface area contributed by atoms with Crippen LogP contribution in [0.2, 0.25) is 0 Å². The van der Waals surface area contributed by atoms with Crippen LogP contribution < -0.4 is 0 Å². The Kier molecular flexibility index (Phi) is 7.80. The van der Waals surface area contributed by atoms with Gasteiger partial charge in [0, 0.05) is 25.8 Å². The van der Waals surface area contributed by atoms with E-state index in [9.17, 15) is 9.59 Å². The average Bonchev–Trinajstić information content (AvgIpc) is 2.47. The van der Waals surface area contributed by atoms with Crippen LogP contribution in [0.25, 0.3) is 0 Å². The normalized spacial score (nSPS) is 10.1. The Labute approximate surface area is 124 Å². The number of nitrogens with zero attached hydrogens (tertiary/aromatic N) is 1. The molecule has 1 rings (SSSR count). The standard InChI is InChI=1S/C15H21NO3S/c1-16(10-6-9-15(18)19-2)14(17)12-20-11-13-7-4-3-5-8-13/h3-5,7-8H,6,9-12H2,1-2H3. The van der Waals surface area contributed by atoms with Gasteiger partial charge in [0.25, 0.3) is 0 Å². The smallest absolute Gasteiger partial charge is 0.305 e. The summed E-state index contributed by atoms with van der Waals surface area (Å²) in [7, 11) is 3.14. The fourth-order valence-electron chi connectivity index (χ4n) is 1.63. The highest BCUT2D eigenvalue weighted by molar-refractivity contribution is 7.99. The van der Waals surface area contributed by atoms with E-state index in [1.165, 1.54) is 12.7 Å². The molecule has 0 aliphatic heterocycles. The van der Waals surface area contributed by atoms with E-state index in [1.807, 2.05) is 18.2 Å². The van der Waals surface area contributed by atoms with Crippen molar-refractivity contribution < 1.29 is 14.3 Å². The lowest BCUT2D eigenvalue weighted by molar-refractivity contribution is -0.141. The number of carbonyl (C=O) groups is 2. The summed E-state index contributed by atoms with van der Waals surface area (Å²) in [6.07, 6.45) is 0.990. The molecule has 0 spiro atoms. The van der Waals surface area contributed by atoms with Crippen LogP contribution in [-0.4, -0.2) is 43.2 Å². The third-order valence-corrected chi connectivity index (χ3v) is 3.85. The molecule has 1 aromatic rings. The molecular weight excluding hydrogens is 274 g/mol. The summed E-state index contributed by atoms with van der Waals surface area (Å²) in [6.45, 7) is 0.583. The minimum absolute atomic E-state index is 0.0933. The van der Waals surface area contributed by atoms with Gasteiger partial charge in [-0.05, 0) is 12.0 Å². The second kappa shape index (κ2) is 9.42. The fraction of sp³-hybridized carbons (Fsp3) is 0.467. The SMILES string of the molecule is COC(=O)CCCN(C)C(=O)CSCc1ccccc1. The molecule has 1 aromatic carbocycles. The van der Waals surface area contributed by atoms with Crippen molar-refractivity contribution in [3.63, 3.8) is 0 Å². The molecule has 0 aliphatic carbocycles. The molecule has 0 N–H and O–H groups in total. The third kappa shape index (κ3) is 6.61. The summed E-state index contributed by atoms with van der Waals surface area (Å²) in [5.41, 5.74) is 1.22. The number of rotatable bonds is 8. The minimum Gasteiger partial charge on any atom is -0.469 e. The van der Waals surface area contributed by atoms with Crippen molar-refractivity contribution in [2.24, 2.45) is 0 Å². The number of thioether (sulfide) groups is 1. The lowest BCUT2D eigenvalue weighted by atomic mass is 10.2. The van der Waals surface area contributed by atoms with Gasteiger partial charge in [0.05, 0.1) is 12.9 Å². The zero-order valence-corrected chi connectivity index (χ0v) is 12.8. The van der Waals surface area contributed by atoms with Crippen LogP contribution in [0, 0.1) is 0 Å². The molecule has 0 saturated heterocycles.